The number of hydrogen-bond donors (Lipinski definition) is 2. The van der Waals surface area contributed by atoms with Crippen LogP contribution in [0.1, 0.15) is 37.4 Å². The van der Waals surface area contributed by atoms with Gasteiger partial charge in [-0.2, -0.15) is 5.10 Å². The maximum absolute atomic E-state index is 6.16. The Morgan fingerprint density at radius 3 is 2.70 bits per heavy atom. The maximum atomic E-state index is 6.16. The van der Waals surface area contributed by atoms with E-state index in [4.69, 9.17) is 29.0 Å². The van der Waals surface area contributed by atoms with Crippen molar-refractivity contribution in [2.45, 2.75) is 32.4 Å². The molecule has 0 amide bonds. The van der Waals surface area contributed by atoms with Gasteiger partial charge in [0.2, 0.25) is 0 Å². The van der Waals surface area contributed by atoms with Crippen LogP contribution in [0.3, 0.4) is 0 Å². The Morgan fingerprint density at radius 2 is 2.10 bits per heavy atom. The first-order valence-corrected chi connectivity index (χ1v) is 6.94. The second kappa shape index (κ2) is 6.49. The first kappa shape index (κ1) is 15.2. The lowest BCUT2D eigenvalue weighted by Gasteiger charge is -2.17. The molecule has 0 aromatic carbocycles. The van der Waals surface area contributed by atoms with Gasteiger partial charge in [0.15, 0.2) is 0 Å². The molecule has 0 aliphatic carbocycles. The number of nitrogens with zero attached hydrogens (tertiary/aromatic N) is 4. The average Bonchev–Trinajstić information content (AvgIpc) is 2.85. The van der Waals surface area contributed by atoms with E-state index in [2.05, 4.69) is 20.5 Å². The van der Waals surface area contributed by atoms with Crippen molar-refractivity contribution in [1.82, 2.24) is 25.2 Å². The number of nitrogens with two attached hydrogens (primary N) is 1. The van der Waals surface area contributed by atoms with E-state index in [1.807, 2.05) is 18.5 Å². The summed E-state index contributed by atoms with van der Waals surface area (Å²) in [6.07, 6.45) is 3.60. The number of hydrazine groups is 1. The van der Waals surface area contributed by atoms with Crippen molar-refractivity contribution < 1.29 is 0 Å². The lowest BCUT2D eigenvalue weighted by molar-refractivity contribution is 0.464. The Labute approximate surface area is 127 Å². The Hall–Kier alpha value is -1.21. The van der Waals surface area contributed by atoms with Gasteiger partial charge >= 0.3 is 0 Å². The molecule has 0 saturated heterocycles. The normalized spacial score (nSPS) is 12.9. The summed E-state index contributed by atoms with van der Waals surface area (Å²) in [6, 6.07) is 1.60. The second-order valence-corrected chi connectivity index (χ2v) is 5.50. The van der Waals surface area contributed by atoms with Gasteiger partial charge in [-0.1, -0.05) is 23.2 Å². The van der Waals surface area contributed by atoms with Crippen molar-refractivity contribution in [1.29, 1.82) is 0 Å². The van der Waals surface area contributed by atoms with Crippen molar-refractivity contribution in [3.63, 3.8) is 0 Å². The van der Waals surface area contributed by atoms with Crippen molar-refractivity contribution in [3.8, 4) is 0 Å². The zero-order valence-corrected chi connectivity index (χ0v) is 12.7. The van der Waals surface area contributed by atoms with E-state index < -0.39 is 0 Å². The van der Waals surface area contributed by atoms with Crippen LogP contribution in [0.25, 0.3) is 0 Å². The fourth-order valence-electron chi connectivity index (χ4n) is 1.95. The van der Waals surface area contributed by atoms with Crippen LogP contribution in [-0.2, 0) is 6.42 Å². The Bertz CT molecular complexity index is 583. The van der Waals surface area contributed by atoms with E-state index >= 15 is 0 Å². The van der Waals surface area contributed by atoms with Crippen LogP contribution in [-0.4, -0.2) is 19.7 Å². The topological polar surface area (TPSA) is 81.7 Å². The van der Waals surface area contributed by atoms with Gasteiger partial charge in [-0.3, -0.25) is 16.3 Å². The van der Waals surface area contributed by atoms with Crippen molar-refractivity contribution in [2.75, 3.05) is 0 Å². The Kier molecular flexibility index (Phi) is 4.93. The van der Waals surface area contributed by atoms with E-state index in [1.165, 1.54) is 6.33 Å². The lowest BCUT2D eigenvalue weighted by atomic mass is 10.1. The Morgan fingerprint density at radius 1 is 1.35 bits per heavy atom. The summed E-state index contributed by atoms with van der Waals surface area (Å²) in [5, 5.41) is 5.15. The molecule has 1 unspecified atom stereocenters. The molecule has 0 aliphatic heterocycles. The molecule has 0 saturated carbocycles. The quantitative estimate of drug-likeness (QED) is 0.653. The highest BCUT2D eigenvalue weighted by atomic mass is 35.5. The van der Waals surface area contributed by atoms with Gasteiger partial charge in [0.1, 0.15) is 12.2 Å². The summed E-state index contributed by atoms with van der Waals surface area (Å²) in [5.74, 6) is 6.43. The van der Waals surface area contributed by atoms with Gasteiger partial charge in [0.25, 0.3) is 0 Å². The molecular weight excluding hydrogens is 299 g/mol. The largest absolute Gasteiger partial charge is 0.271 e. The molecular formula is C12H16Cl2N6. The highest BCUT2D eigenvalue weighted by Crippen LogP contribution is 2.25. The molecule has 1 atom stereocenters. The van der Waals surface area contributed by atoms with Crippen LogP contribution in [0.2, 0.25) is 10.0 Å². The SMILES string of the molecule is CC(C)n1ncnc1CC(NN)c1ncc(Cl)cc1Cl. The first-order valence-electron chi connectivity index (χ1n) is 6.18. The standard InChI is InChI=1S/C12H16Cl2N6/c1-7(2)20-11(17-6-18-20)4-10(19-15)12-9(14)3-8(13)5-16-12/h3,5-7,10,19H,4,15H2,1-2H3. The molecule has 3 N–H and O–H groups in total. The predicted molar refractivity (Wildman–Crippen MR) is 78.4 cm³/mol. The number of hydrogen-bond acceptors (Lipinski definition) is 5. The molecule has 20 heavy (non-hydrogen) atoms. The van der Waals surface area contributed by atoms with Crippen LogP contribution >= 0.6 is 23.2 Å². The minimum Gasteiger partial charge on any atom is -0.271 e. The third-order valence-corrected chi connectivity index (χ3v) is 3.40. The summed E-state index contributed by atoms with van der Waals surface area (Å²) in [5.41, 5.74) is 3.35. The van der Waals surface area contributed by atoms with E-state index in [-0.39, 0.29) is 12.1 Å². The van der Waals surface area contributed by atoms with Crippen molar-refractivity contribution in [2.24, 2.45) is 5.84 Å². The Balaban J connectivity index is 2.27. The highest BCUT2D eigenvalue weighted by Gasteiger charge is 2.19. The summed E-state index contributed by atoms with van der Waals surface area (Å²) in [4.78, 5) is 8.50. The van der Waals surface area contributed by atoms with Gasteiger partial charge in [0.05, 0.1) is 21.8 Å². The second-order valence-electron chi connectivity index (χ2n) is 4.66. The molecule has 0 aliphatic rings. The molecule has 2 heterocycles. The molecule has 0 spiro atoms. The van der Waals surface area contributed by atoms with E-state index in [0.717, 1.165) is 5.82 Å². The van der Waals surface area contributed by atoms with Crippen LogP contribution in [0.4, 0.5) is 0 Å². The van der Waals surface area contributed by atoms with Gasteiger partial charge in [-0.25, -0.2) is 9.67 Å². The monoisotopic (exact) mass is 314 g/mol. The number of halogens is 2. The molecule has 108 valence electrons. The van der Waals surface area contributed by atoms with E-state index in [1.54, 1.807) is 12.3 Å². The summed E-state index contributed by atoms with van der Waals surface area (Å²) < 4.78 is 1.84. The average molecular weight is 315 g/mol. The zero-order valence-electron chi connectivity index (χ0n) is 11.2. The zero-order chi connectivity index (χ0) is 14.7. The van der Waals surface area contributed by atoms with Gasteiger partial charge in [-0.15, -0.1) is 0 Å². The highest BCUT2D eigenvalue weighted by molar-refractivity contribution is 6.34. The van der Waals surface area contributed by atoms with Crippen LogP contribution in [0, 0.1) is 0 Å². The van der Waals surface area contributed by atoms with Crippen LogP contribution in [0.15, 0.2) is 18.6 Å². The maximum Gasteiger partial charge on any atom is 0.138 e. The van der Waals surface area contributed by atoms with E-state index in [0.29, 0.717) is 22.2 Å². The summed E-state index contributed by atoms with van der Waals surface area (Å²) in [7, 11) is 0. The minimum absolute atomic E-state index is 0.222. The third kappa shape index (κ3) is 3.27. The number of rotatable bonds is 5. The minimum atomic E-state index is -0.263. The van der Waals surface area contributed by atoms with Crippen molar-refractivity contribution >= 4 is 23.2 Å². The third-order valence-electron chi connectivity index (χ3n) is 2.89. The van der Waals surface area contributed by atoms with E-state index in [9.17, 15) is 0 Å². The summed E-state index contributed by atoms with van der Waals surface area (Å²) in [6.45, 7) is 4.08. The smallest absolute Gasteiger partial charge is 0.138 e. The number of nitrogens with one attached hydrogen (secondary N) is 1. The number of aromatic nitrogens is 4. The fourth-order valence-corrected chi connectivity index (χ4v) is 2.46. The first-order chi connectivity index (χ1) is 9.52. The van der Waals surface area contributed by atoms with Crippen LogP contribution in [0.5, 0.6) is 0 Å². The molecule has 2 rings (SSSR count). The van der Waals surface area contributed by atoms with Gasteiger partial charge in [-0.05, 0) is 19.9 Å². The molecule has 0 bridgehead atoms. The van der Waals surface area contributed by atoms with Crippen molar-refractivity contribution in [3.05, 3.63) is 40.2 Å². The predicted octanol–water partition coefficient (Wildman–Crippen LogP) is 2.31. The molecule has 0 radical (unpaired) electrons. The van der Waals surface area contributed by atoms with Gasteiger partial charge < -0.3 is 0 Å². The summed E-state index contributed by atoms with van der Waals surface area (Å²) >= 11 is 12.0. The molecule has 6 nitrogen and oxygen atoms in total. The number of pyridine rings is 1. The van der Waals surface area contributed by atoms with Gasteiger partial charge in [0, 0.05) is 18.7 Å². The lowest BCUT2D eigenvalue weighted by Crippen LogP contribution is -2.31. The van der Waals surface area contributed by atoms with Crippen LogP contribution < -0.4 is 11.3 Å². The fraction of sp³-hybridized carbons (Fsp3) is 0.417. The molecule has 2 aromatic rings. The molecule has 2 aromatic heterocycles. The molecule has 8 heteroatoms. The molecule has 0 fully saturated rings.